The van der Waals surface area contributed by atoms with Gasteiger partial charge >= 0.3 is 0 Å². The number of nitrogens with zero attached hydrogens (tertiary/aromatic N) is 3. The maximum atomic E-state index is 12.4. The van der Waals surface area contributed by atoms with Crippen molar-refractivity contribution in [1.82, 2.24) is 19.8 Å². The summed E-state index contributed by atoms with van der Waals surface area (Å²) in [6, 6.07) is 0. The molecule has 0 radical (unpaired) electrons. The highest BCUT2D eigenvalue weighted by molar-refractivity contribution is 5.76. The Morgan fingerprint density at radius 2 is 2.25 bits per heavy atom. The van der Waals surface area contributed by atoms with Gasteiger partial charge in [0.25, 0.3) is 0 Å². The van der Waals surface area contributed by atoms with Crippen LogP contribution in [-0.2, 0) is 11.3 Å². The van der Waals surface area contributed by atoms with E-state index < -0.39 is 0 Å². The van der Waals surface area contributed by atoms with Crippen molar-refractivity contribution in [2.75, 3.05) is 26.2 Å². The molecule has 1 amide bonds. The van der Waals surface area contributed by atoms with Gasteiger partial charge in [0.05, 0.1) is 6.33 Å². The minimum absolute atomic E-state index is 0.295. The van der Waals surface area contributed by atoms with Crippen molar-refractivity contribution in [3.8, 4) is 0 Å². The van der Waals surface area contributed by atoms with Crippen LogP contribution in [0.5, 0.6) is 0 Å². The number of piperidine rings is 2. The molecule has 1 unspecified atom stereocenters. The Kier molecular flexibility index (Phi) is 4.05. The molecule has 2 fully saturated rings. The number of carbonyl (C=O) groups is 1. The first kappa shape index (κ1) is 13.6. The largest absolute Gasteiger partial charge is 0.342 e. The third-order valence-corrected chi connectivity index (χ3v) is 4.72. The molecular weight excluding hydrogens is 252 g/mol. The number of likely N-dealkylation sites (tertiary alicyclic amines) is 1. The molecule has 1 atom stereocenters. The van der Waals surface area contributed by atoms with Crippen LogP contribution in [0.1, 0.15) is 32.1 Å². The van der Waals surface area contributed by atoms with Crippen LogP contribution in [0.3, 0.4) is 0 Å². The van der Waals surface area contributed by atoms with Gasteiger partial charge in [-0.25, -0.2) is 4.98 Å². The number of hydrogen-bond donors (Lipinski definition) is 1. The standard InChI is InChI=1S/C15H24N4O/c20-14(3-9-18-10-7-17-13-18)19-8-2-5-15(12-19)4-1-6-16-11-15/h7,10,13,16H,1-6,8-9,11-12H2. The molecule has 3 rings (SSSR count). The smallest absolute Gasteiger partial charge is 0.224 e. The summed E-state index contributed by atoms with van der Waals surface area (Å²) in [6.45, 7) is 4.84. The predicted molar refractivity (Wildman–Crippen MR) is 77.2 cm³/mol. The molecule has 5 heteroatoms. The number of imidazole rings is 1. The second-order valence-electron chi connectivity index (χ2n) is 6.25. The first-order valence-corrected chi connectivity index (χ1v) is 7.72. The second-order valence-corrected chi connectivity index (χ2v) is 6.25. The molecular formula is C15H24N4O. The lowest BCUT2D eigenvalue weighted by atomic mass is 9.74. The molecule has 0 bridgehead atoms. The van der Waals surface area contributed by atoms with Gasteiger partial charge in [0.1, 0.15) is 0 Å². The van der Waals surface area contributed by atoms with Crippen LogP contribution in [0, 0.1) is 5.41 Å². The SMILES string of the molecule is O=C(CCn1ccnc1)N1CCCC2(CCCNC2)C1. The van der Waals surface area contributed by atoms with Gasteiger partial charge in [0.2, 0.25) is 5.91 Å². The van der Waals surface area contributed by atoms with Crippen LogP contribution in [0.4, 0.5) is 0 Å². The first-order valence-electron chi connectivity index (χ1n) is 7.72. The lowest BCUT2D eigenvalue weighted by molar-refractivity contribution is -0.135. The Morgan fingerprint density at radius 3 is 3.00 bits per heavy atom. The van der Waals surface area contributed by atoms with Crippen LogP contribution in [0.15, 0.2) is 18.7 Å². The van der Waals surface area contributed by atoms with Crippen molar-refractivity contribution < 1.29 is 4.79 Å². The highest BCUT2D eigenvalue weighted by Gasteiger charge is 2.37. The van der Waals surface area contributed by atoms with Crippen molar-refractivity contribution in [1.29, 1.82) is 0 Å². The summed E-state index contributed by atoms with van der Waals surface area (Å²) in [5, 5.41) is 3.51. The second kappa shape index (κ2) is 5.95. The van der Waals surface area contributed by atoms with E-state index in [0.717, 1.165) is 39.1 Å². The molecule has 2 aliphatic rings. The number of rotatable bonds is 3. The van der Waals surface area contributed by atoms with E-state index in [1.807, 2.05) is 10.8 Å². The van der Waals surface area contributed by atoms with E-state index in [4.69, 9.17) is 0 Å². The Bertz CT molecular complexity index is 431. The monoisotopic (exact) mass is 276 g/mol. The molecule has 110 valence electrons. The van der Waals surface area contributed by atoms with E-state index >= 15 is 0 Å². The average Bonchev–Trinajstić information content (AvgIpc) is 2.99. The van der Waals surface area contributed by atoms with E-state index in [1.54, 1.807) is 12.5 Å². The number of nitrogens with one attached hydrogen (secondary N) is 1. The van der Waals surface area contributed by atoms with E-state index in [9.17, 15) is 4.79 Å². The van der Waals surface area contributed by atoms with Gasteiger partial charge in [-0.05, 0) is 32.2 Å². The van der Waals surface area contributed by atoms with Crippen LogP contribution in [-0.4, -0.2) is 46.5 Å². The maximum Gasteiger partial charge on any atom is 0.224 e. The number of aryl methyl sites for hydroxylation is 1. The fourth-order valence-corrected chi connectivity index (χ4v) is 3.60. The lowest BCUT2D eigenvalue weighted by Crippen LogP contribution is -2.52. The van der Waals surface area contributed by atoms with Crippen molar-refractivity contribution >= 4 is 5.91 Å². The minimum Gasteiger partial charge on any atom is -0.342 e. The molecule has 5 nitrogen and oxygen atoms in total. The molecule has 1 aromatic heterocycles. The maximum absolute atomic E-state index is 12.4. The molecule has 0 aromatic carbocycles. The molecule has 2 saturated heterocycles. The van der Waals surface area contributed by atoms with Gasteiger partial charge in [-0.1, -0.05) is 0 Å². The first-order chi connectivity index (χ1) is 9.77. The molecule has 1 spiro atoms. The predicted octanol–water partition coefficient (Wildman–Crippen LogP) is 1.27. The van der Waals surface area contributed by atoms with Gasteiger partial charge in [-0.15, -0.1) is 0 Å². The van der Waals surface area contributed by atoms with E-state index in [1.165, 1.54) is 19.3 Å². The van der Waals surface area contributed by atoms with Crippen LogP contribution >= 0.6 is 0 Å². The van der Waals surface area contributed by atoms with Crippen molar-refractivity contribution in [2.24, 2.45) is 5.41 Å². The Labute approximate surface area is 120 Å². The number of amides is 1. The lowest BCUT2D eigenvalue weighted by Gasteiger charge is -2.45. The van der Waals surface area contributed by atoms with Crippen LogP contribution in [0.25, 0.3) is 0 Å². The zero-order chi connectivity index (χ0) is 13.8. The third-order valence-electron chi connectivity index (χ3n) is 4.72. The van der Waals surface area contributed by atoms with Crippen LogP contribution in [0.2, 0.25) is 0 Å². The number of aromatic nitrogens is 2. The number of carbonyl (C=O) groups excluding carboxylic acids is 1. The van der Waals surface area contributed by atoms with Crippen LogP contribution < -0.4 is 5.32 Å². The molecule has 0 saturated carbocycles. The summed E-state index contributed by atoms with van der Waals surface area (Å²) in [4.78, 5) is 18.5. The van der Waals surface area contributed by atoms with Crippen molar-refractivity contribution in [2.45, 2.75) is 38.6 Å². The highest BCUT2D eigenvalue weighted by atomic mass is 16.2. The fourth-order valence-electron chi connectivity index (χ4n) is 3.60. The van der Waals surface area contributed by atoms with Crippen molar-refractivity contribution in [3.05, 3.63) is 18.7 Å². The Balaban J connectivity index is 1.54. The molecule has 0 aliphatic carbocycles. The Morgan fingerprint density at radius 1 is 1.35 bits per heavy atom. The van der Waals surface area contributed by atoms with Gasteiger partial charge in [-0.3, -0.25) is 4.79 Å². The minimum atomic E-state index is 0.295. The zero-order valence-corrected chi connectivity index (χ0v) is 12.1. The average molecular weight is 276 g/mol. The molecule has 1 aromatic rings. The molecule has 1 N–H and O–H groups in total. The molecule has 2 aliphatic heterocycles. The summed E-state index contributed by atoms with van der Waals surface area (Å²) >= 11 is 0. The summed E-state index contributed by atoms with van der Waals surface area (Å²) in [6.07, 6.45) is 11.0. The quantitative estimate of drug-likeness (QED) is 0.904. The van der Waals surface area contributed by atoms with E-state index in [0.29, 0.717) is 17.7 Å². The van der Waals surface area contributed by atoms with E-state index in [2.05, 4.69) is 15.2 Å². The summed E-state index contributed by atoms with van der Waals surface area (Å²) in [5.74, 6) is 0.295. The van der Waals surface area contributed by atoms with Gasteiger partial charge in [0.15, 0.2) is 0 Å². The molecule has 20 heavy (non-hydrogen) atoms. The summed E-state index contributed by atoms with van der Waals surface area (Å²) in [5.41, 5.74) is 0.348. The summed E-state index contributed by atoms with van der Waals surface area (Å²) in [7, 11) is 0. The number of hydrogen-bond acceptors (Lipinski definition) is 3. The van der Waals surface area contributed by atoms with E-state index in [-0.39, 0.29) is 0 Å². The van der Waals surface area contributed by atoms with Gasteiger partial charge in [0, 0.05) is 50.4 Å². The van der Waals surface area contributed by atoms with Gasteiger partial charge < -0.3 is 14.8 Å². The molecule has 3 heterocycles. The van der Waals surface area contributed by atoms with Gasteiger partial charge in [-0.2, -0.15) is 0 Å². The van der Waals surface area contributed by atoms with Crippen molar-refractivity contribution in [3.63, 3.8) is 0 Å². The zero-order valence-electron chi connectivity index (χ0n) is 12.1. The Hall–Kier alpha value is -1.36. The topological polar surface area (TPSA) is 50.2 Å². The highest BCUT2D eigenvalue weighted by Crippen LogP contribution is 2.36. The summed E-state index contributed by atoms with van der Waals surface area (Å²) < 4.78 is 1.97. The normalized spacial score (nSPS) is 26.9. The third kappa shape index (κ3) is 3.03. The fraction of sp³-hybridized carbons (Fsp3) is 0.733.